The van der Waals surface area contributed by atoms with Crippen molar-refractivity contribution < 1.29 is 7.87 Å². The fourth-order valence-corrected chi connectivity index (χ4v) is 13.7. The van der Waals surface area contributed by atoms with Gasteiger partial charge in [-0.2, -0.15) is 0 Å². The number of carbonyl (C=O) groups is 1. The van der Waals surface area contributed by atoms with Gasteiger partial charge in [-0.05, 0) is 0 Å². The zero-order valence-electron chi connectivity index (χ0n) is 13.6. The Balaban J connectivity index is 2.28. The third-order valence-corrected chi connectivity index (χ3v) is 15.4. The number of hydrogen-bond acceptors (Lipinski definition) is 3. The molecule has 0 heterocycles. The number of rotatable bonds is 5. The van der Waals surface area contributed by atoms with Gasteiger partial charge in [0.2, 0.25) is 0 Å². The summed E-state index contributed by atoms with van der Waals surface area (Å²) in [5.41, 5.74) is 0. The Kier molecular flexibility index (Phi) is 5.52. The second-order valence-electron chi connectivity index (χ2n) is 5.59. The Hall–Kier alpha value is -2.58. The predicted molar refractivity (Wildman–Crippen MR) is 100 cm³/mol. The fraction of sp³-hybridized carbons (Fsp3) is 0.0476. The average molecular weight is 434 g/mol. The molecule has 0 bridgehead atoms. The Bertz CT molecular complexity index is 777. The molecule has 0 amide bonds. The van der Waals surface area contributed by atoms with Crippen molar-refractivity contribution in [3.63, 3.8) is 0 Å². The second kappa shape index (κ2) is 8.00. The quantitative estimate of drug-likeness (QED) is 0.579. The van der Waals surface area contributed by atoms with Crippen molar-refractivity contribution in [1.29, 1.82) is 5.26 Å². The molecule has 0 radical (unpaired) electrons. The van der Waals surface area contributed by atoms with Crippen LogP contribution < -0.4 is 10.7 Å². The van der Waals surface area contributed by atoms with E-state index in [0.717, 1.165) is 10.7 Å². The molecule has 0 saturated heterocycles. The van der Waals surface area contributed by atoms with E-state index in [1.807, 2.05) is 97.1 Å². The van der Waals surface area contributed by atoms with Gasteiger partial charge in [-0.15, -0.1) is 0 Å². The van der Waals surface area contributed by atoms with Crippen LogP contribution in [0.5, 0.6) is 0 Å². The normalized spacial score (nSPS) is 10.7. The monoisotopic (exact) mass is 435 g/mol. The first-order chi connectivity index (χ1) is 12.3. The van der Waals surface area contributed by atoms with Gasteiger partial charge in [-0.1, -0.05) is 0 Å². The molecular weight excluding hydrogens is 417 g/mol. The Morgan fingerprint density at radius 3 is 1.44 bits per heavy atom. The van der Waals surface area contributed by atoms with Crippen molar-refractivity contribution in [2.24, 2.45) is 0 Å². The van der Waals surface area contributed by atoms with Crippen LogP contribution in [0.2, 0.25) is 0 Å². The van der Waals surface area contributed by atoms with Gasteiger partial charge in [0.25, 0.3) is 0 Å². The number of hydrogen-bond donors (Lipinski definition) is 0. The van der Waals surface area contributed by atoms with Crippen molar-refractivity contribution in [3.05, 3.63) is 91.0 Å². The zero-order valence-corrected chi connectivity index (χ0v) is 16.5. The fourth-order valence-electron chi connectivity index (χ4n) is 2.97. The van der Waals surface area contributed by atoms with Gasteiger partial charge in [0.15, 0.2) is 0 Å². The topological polar surface area (TPSA) is 50.1 Å². The number of nitriles is 1. The summed E-state index contributed by atoms with van der Waals surface area (Å²) in [5, 5.41) is 8.92. The summed E-state index contributed by atoms with van der Waals surface area (Å²) in [6, 6.07) is 31.7. The van der Waals surface area contributed by atoms with Gasteiger partial charge in [-0.25, -0.2) is 0 Å². The van der Waals surface area contributed by atoms with E-state index in [4.69, 9.17) is 8.34 Å². The first kappa shape index (κ1) is 17.2. The zero-order chi connectivity index (χ0) is 17.5. The van der Waals surface area contributed by atoms with Gasteiger partial charge < -0.3 is 0 Å². The van der Waals surface area contributed by atoms with E-state index in [1.165, 1.54) is 0 Å². The first-order valence-corrected chi connectivity index (χ1v) is 13.5. The molecule has 0 unspecified atom stereocenters. The SMILES string of the molecule is N#CCC(=O)[O][Sn]([c]1ccccc1)([c]1ccccc1)[c]1ccccc1. The van der Waals surface area contributed by atoms with Crippen LogP contribution >= 0.6 is 0 Å². The van der Waals surface area contributed by atoms with E-state index >= 15 is 0 Å². The van der Waals surface area contributed by atoms with Gasteiger partial charge in [0.05, 0.1) is 0 Å². The number of nitrogens with zero attached hydrogens (tertiary/aromatic N) is 1. The Morgan fingerprint density at radius 2 is 1.12 bits per heavy atom. The van der Waals surface area contributed by atoms with E-state index < -0.39 is 24.8 Å². The van der Waals surface area contributed by atoms with Crippen LogP contribution in [0.3, 0.4) is 0 Å². The van der Waals surface area contributed by atoms with Crippen molar-refractivity contribution in [2.45, 2.75) is 6.42 Å². The minimum atomic E-state index is -4.01. The molecule has 0 saturated carbocycles. The van der Waals surface area contributed by atoms with Gasteiger partial charge in [0.1, 0.15) is 0 Å². The maximum absolute atomic E-state index is 12.4. The van der Waals surface area contributed by atoms with Crippen molar-refractivity contribution in [2.75, 3.05) is 0 Å². The van der Waals surface area contributed by atoms with Gasteiger partial charge in [-0.3, -0.25) is 0 Å². The van der Waals surface area contributed by atoms with Crippen LogP contribution in [0.1, 0.15) is 6.42 Å². The number of carbonyl (C=O) groups excluding carboxylic acids is 1. The molecule has 0 aliphatic carbocycles. The second-order valence-corrected chi connectivity index (χ2v) is 15.0. The maximum atomic E-state index is 12.4. The van der Waals surface area contributed by atoms with E-state index in [9.17, 15) is 4.79 Å². The summed E-state index contributed by atoms with van der Waals surface area (Å²) < 4.78 is 9.31. The van der Waals surface area contributed by atoms with E-state index in [-0.39, 0.29) is 6.42 Å². The van der Waals surface area contributed by atoms with Crippen LogP contribution in [0.25, 0.3) is 0 Å². The molecule has 3 aromatic rings. The van der Waals surface area contributed by atoms with Crippen molar-refractivity contribution in [3.8, 4) is 6.07 Å². The third kappa shape index (κ3) is 3.59. The molecule has 3 nitrogen and oxygen atoms in total. The molecule has 0 aliphatic heterocycles. The van der Waals surface area contributed by atoms with E-state index in [1.54, 1.807) is 0 Å². The molecule has 0 fully saturated rings. The molecule has 25 heavy (non-hydrogen) atoms. The Morgan fingerprint density at radius 1 is 0.760 bits per heavy atom. The van der Waals surface area contributed by atoms with Crippen LogP contribution in [0.15, 0.2) is 91.0 Å². The number of benzene rings is 3. The summed E-state index contributed by atoms with van der Waals surface area (Å²) >= 11 is -4.01. The molecule has 4 heteroatoms. The summed E-state index contributed by atoms with van der Waals surface area (Å²) in [6.07, 6.45) is -0.245. The first-order valence-electron chi connectivity index (χ1n) is 8.03. The molecule has 0 N–H and O–H groups in total. The molecule has 0 atom stereocenters. The molecule has 0 aromatic heterocycles. The third-order valence-electron chi connectivity index (χ3n) is 4.03. The molecular formula is C21H17NO2Sn. The molecule has 0 spiro atoms. The summed E-state index contributed by atoms with van der Waals surface area (Å²) in [5.74, 6) is -0.463. The van der Waals surface area contributed by atoms with E-state index in [0.29, 0.717) is 0 Å². The van der Waals surface area contributed by atoms with Crippen LogP contribution in [0.4, 0.5) is 0 Å². The molecule has 0 aliphatic rings. The summed E-state index contributed by atoms with van der Waals surface area (Å²) in [7, 11) is 0. The van der Waals surface area contributed by atoms with Crippen LogP contribution in [-0.4, -0.2) is 24.8 Å². The average Bonchev–Trinajstić information content (AvgIpc) is 2.68. The van der Waals surface area contributed by atoms with Crippen molar-refractivity contribution >= 4 is 35.5 Å². The van der Waals surface area contributed by atoms with Crippen LogP contribution in [0, 0.1) is 11.3 Å². The predicted octanol–water partition coefficient (Wildman–Crippen LogP) is 2.11. The summed E-state index contributed by atoms with van der Waals surface area (Å²) in [4.78, 5) is 12.4. The van der Waals surface area contributed by atoms with E-state index in [2.05, 4.69) is 0 Å². The van der Waals surface area contributed by atoms with Crippen molar-refractivity contribution in [1.82, 2.24) is 0 Å². The molecule has 3 aromatic carbocycles. The Labute approximate surface area is 151 Å². The van der Waals surface area contributed by atoms with Gasteiger partial charge in [0, 0.05) is 0 Å². The standard InChI is InChI=1S/3C6H5.C3H3NO2.Sn/c3*1-2-4-6-5-3-1;4-2-1-3(5)6;/h3*1-5H;1H2,(H,5,6);/q;;;;+1/p-1. The van der Waals surface area contributed by atoms with Crippen LogP contribution in [-0.2, 0) is 7.87 Å². The molecule has 3 rings (SSSR count). The summed E-state index contributed by atoms with van der Waals surface area (Å²) in [6.45, 7) is 0. The minimum absolute atomic E-state index is 0.245. The molecule has 122 valence electrons. The van der Waals surface area contributed by atoms with Gasteiger partial charge >= 0.3 is 152 Å².